The molecule has 110 valence electrons. The number of nitrogens with zero attached hydrogens (tertiary/aromatic N) is 1. The van der Waals surface area contributed by atoms with Crippen LogP contribution in [-0.2, 0) is 0 Å². The van der Waals surface area contributed by atoms with Crippen LogP contribution in [-0.4, -0.2) is 16.1 Å². The lowest BCUT2D eigenvalue weighted by molar-refractivity contribution is 0.0696. The maximum absolute atomic E-state index is 11.2. The molecule has 1 aromatic carbocycles. The molecule has 0 aliphatic carbocycles. The number of aryl methyl sites for hydroxylation is 1. The zero-order valence-corrected chi connectivity index (χ0v) is 12.7. The Bertz CT molecular complexity index is 678. The van der Waals surface area contributed by atoms with Crippen LogP contribution in [0, 0.1) is 13.8 Å². The van der Waals surface area contributed by atoms with Crippen LogP contribution in [0.25, 0.3) is 0 Å². The molecule has 0 fully saturated rings. The van der Waals surface area contributed by atoms with Crippen molar-refractivity contribution in [1.82, 2.24) is 4.98 Å². The minimum absolute atomic E-state index is 0.130. The van der Waals surface area contributed by atoms with Gasteiger partial charge in [0.15, 0.2) is 0 Å². The summed E-state index contributed by atoms with van der Waals surface area (Å²) in [4.78, 5) is 15.6. The molecular weight excluding hydrogens is 266 g/mol. The van der Waals surface area contributed by atoms with Crippen LogP contribution in [0.4, 0.5) is 0 Å². The standard InChI is InChI=1S/C17H19NO3/c1-10(2)14-8-13(17(19)20)9-16(18-14)21-15-7-5-6-11(3)12(15)4/h5-10H,1-4H3,(H,19,20). The lowest BCUT2D eigenvalue weighted by atomic mass is 10.1. The van der Waals surface area contributed by atoms with Gasteiger partial charge in [0, 0.05) is 11.8 Å². The van der Waals surface area contributed by atoms with E-state index in [4.69, 9.17) is 4.74 Å². The number of aromatic carboxylic acids is 1. The molecule has 0 saturated heterocycles. The molecule has 2 rings (SSSR count). The third kappa shape index (κ3) is 3.40. The highest BCUT2D eigenvalue weighted by atomic mass is 16.5. The van der Waals surface area contributed by atoms with Crippen LogP contribution >= 0.6 is 0 Å². The van der Waals surface area contributed by atoms with Gasteiger partial charge >= 0.3 is 5.97 Å². The van der Waals surface area contributed by atoms with Crippen molar-refractivity contribution in [2.75, 3.05) is 0 Å². The van der Waals surface area contributed by atoms with Gasteiger partial charge in [-0.15, -0.1) is 0 Å². The van der Waals surface area contributed by atoms with Crippen molar-refractivity contribution in [3.8, 4) is 11.6 Å². The Balaban J connectivity index is 2.43. The molecule has 0 bridgehead atoms. The average Bonchev–Trinajstić information content (AvgIpc) is 2.43. The fourth-order valence-corrected chi connectivity index (χ4v) is 1.94. The average molecular weight is 285 g/mol. The predicted octanol–water partition coefficient (Wildman–Crippen LogP) is 4.31. The second-order valence-electron chi connectivity index (χ2n) is 5.38. The molecule has 0 saturated carbocycles. The van der Waals surface area contributed by atoms with Gasteiger partial charge in [0.2, 0.25) is 5.88 Å². The number of carboxylic acid groups (broad SMARTS) is 1. The summed E-state index contributed by atoms with van der Waals surface area (Å²) in [5.41, 5.74) is 3.03. The van der Waals surface area contributed by atoms with Crippen LogP contribution < -0.4 is 4.74 Å². The number of hydrogen-bond donors (Lipinski definition) is 1. The van der Waals surface area contributed by atoms with E-state index in [-0.39, 0.29) is 11.5 Å². The number of benzene rings is 1. The highest BCUT2D eigenvalue weighted by Gasteiger charge is 2.13. The maximum Gasteiger partial charge on any atom is 0.335 e. The zero-order chi connectivity index (χ0) is 15.6. The molecule has 0 aliphatic rings. The topological polar surface area (TPSA) is 59.4 Å². The fraction of sp³-hybridized carbons (Fsp3) is 0.294. The molecular formula is C17H19NO3. The number of pyridine rings is 1. The summed E-state index contributed by atoms with van der Waals surface area (Å²) in [5.74, 6) is 0.155. The molecule has 0 radical (unpaired) electrons. The lowest BCUT2D eigenvalue weighted by Crippen LogP contribution is -2.03. The maximum atomic E-state index is 11.2. The highest BCUT2D eigenvalue weighted by molar-refractivity contribution is 5.88. The summed E-state index contributed by atoms with van der Waals surface area (Å²) in [7, 11) is 0. The first-order valence-electron chi connectivity index (χ1n) is 6.88. The molecule has 2 aromatic rings. The molecule has 21 heavy (non-hydrogen) atoms. The van der Waals surface area contributed by atoms with Gasteiger partial charge in [-0.3, -0.25) is 0 Å². The number of hydrogen-bond acceptors (Lipinski definition) is 3. The first-order chi connectivity index (χ1) is 9.88. The van der Waals surface area contributed by atoms with E-state index in [1.807, 2.05) is 45.9 Å². The Morgan fingerprint density at radius 1 is 1.24 bits per heavy atom. The van der Waals surface area contributed by atoms with E-state index in [0.717, 1.165) is 11.1 Å². The van der Waals surface area contributed by atoms with E-state index in [2.05, 4.69) is 4.98 Å². The molecule has 0 spiro atoms. The normalized spacial score (nSPS) is 10.7. The number of rotatable bonds is 4. The van der Waals surface area contributed by atoms with Crippen LogP contribution in [0.5, 0.6) is 11.6 Å². The van der Waals surface area contributed by atoms with E-state index < -0.39 is 5.97 Å². The zero-order valence-electron chi connectivity index (χ0n) is 12.7. The molecule has 1 aromatic heterocycles. The molecule has 0 unspecified atom stereocenters. The Labute approximate surface area is 124 Å². The Morgan fingerprint density at radius 2 is 1.95 bits per heavy atom. The van der Waals surface area contributed by atoms with E-state index in [1.165, 1.54) is 6.07 Å². The summed E-state index contributed by atoms with van der Waals surface area (Å²) in [6, 6.07) is 8.80. The van der Waals surface area contributed by atoms with Crippen LogP contribution in [0.2, 0.25) is 0 Å². The Morgan fingerprint density at radius 3 is 2.57 bits per heavy atom. The summed E-state index contributed by atoms with van der Waals surface area (Å²) in [6.07, 6.45) is 0. The largest absolute Gasteiger partial charge is 0.478 e. The fourth-order valence-electron chi connectivity index (χ4n) is 1.94. The van der Waals surface area contributed by atoms with Gasteiger partial charge in [0.25, 0.3) is 0 Å². The van der Waals surface area contributed by atoms with Crippen molar-refractivity contribution in [3.05, 3.63) is 52.7 Å². The van der Waals surface area contributed by atoms with Gasteiger partial charge in [-0.2, -0.15) is 0 Å². The third-order valence-corrected chi connectivity index (χ3v) is 3.43. The minimum Gasteiger partial charge on any atom is -0.478 e. The highest BCUT2D eigenvalue weighted by Crippen LogP contribution is 2.27. The Kier molecular flexibility index (Phi) is 4.26. The van der Waals surface area contributed by atoms with E-state index >= 15 is 0 Å². The second kappa shape index (κ2) is 5.95. The molecule has 4 heteroatoms. The van der Waals surface area contributed by atoms with Gasteiger partial charge < -0.3 is 9.84 Å². The van der Waals surface area contributed by atoms with Gasteiger partial charge in [-0.1, -0.05) is 26.0 Å². The lowest BCUT2D eigenvalue weighted by Gasteiger charge is -2.12. The molecule has 1 N–H and O–H groups in total. The van der Waals surface area contributed by atoms with Crippen molar-refractivity contribution < 1.29 is 14.6 Å². The monoisotopic (exact) mass is 285 g/mol. The van der Waals surface area contributed by atoms with Gasteiger partial charge in [-0.05, 0) is 43.0 Å². The number of carbonyl (C=O) groups is 1. The van der Waals surface area contributed by atoms with Gasteiger partial charge in [0.1, 0.15) is 5.75 Å². The van der Waals surface area contributed by atoms with Crippen LogP contribution in [0.1, 0.15) is 46.9 Å². The van der Waals surface area contributed by atoms with Crippen LogP contribution in [0.3, 0.4) is 0 Å². The van der Waals surface area contributed by atoms with Gasteiger partial charge in [-0.25, -0.2) is 9.78 Å². The summed E-state index contributed by atoms with van der Waals surface area (Å²) >= 11 is 0. The minimum atomic E-state index is -0.981. The first-order valence-corrected chi connectivity index (χ1v) is 6.88. The SMILES string of the molecule is Cc1cccc(Oc2cc(C(=O)O)cc(C(C)C)n2)c1C. The van der Waals surface area contributed by atoms with Crippen molar-refractivity contribution in [3.63, 3.8) is 0 Å². The van der Waals surface area contributed by atoms with E-state index in [9.17, 15) is 9.90 Å². The first kappa shape index (κ1) is 15.0. The Hall–Kier alpha value is -2.36. The number of ether oxygens (including phenoxy) is 1. The molecule has 0 amide bonds. The molecule has 0 aliphatic heterocycles. The summed E-state index contributed by atoms with van der Waals surface area (Å²) in [5, 5.41) is 9.20. The van der Waals surface area contributed by atoms with Crippen molar-refractivity contribution in [1.29, 1.82) is 0 Å². The summed E-state index contributed by atoms with van der Waals surface area (Å²) < 4.78 is 5.80. The van der Waals surface area contributed by atoms with Crippen molar-refractivity contribution in [2.45, 2.75) is 33.6 Å². The quantitative estimate of drug-likeness (QED) is 0.909. The third-order valence-electron chi connectivity index (χ3n) is 3.43. The summed E-state index contributed by atoms with van der Waals surface area (Å²) in [6.45, 7) is 7.91. The van der Waals surface area contributed by atoms with Crippen molar-refractivity contribution >= 4 is 5.97 Å². The number of aromatic nitrogens is 1. The molecule has 4 nitrogen and oxygen atoms in total. The van der Waals surface area contributed by atoms with E-state index in [0.29, 0.717) is 17.3 Å². The van der Waals surface area contributed by atoms with Crippen LogP contribution in [0.15, 0.2) is 30.3 Å². The molecule has 0 atom stereocenters. The number of carboxylic acids is 1. The second-order valence-corrected chi connectivity index (χ2v) is 5.38. The van der Waals surface area contributed by atoms with Gasteiger partial charge in [0.05, 0.1) is 5.56 Å². The van der Waals surface area contributed by atoms with Crippen molar-refractivity contribution in [2.24, 2.45) is 0 Å². The molecule has 1 heterocycles. The van der Waals surface area contributed by atoms with E-state index in [1.54, 1.807) is 6.07 Å². The predicted molar refractivity (Wildman–Crippen MR) is 81.3 cm³/mol. The smallest absolute Gasteiger partial charge is 0.335 e.